The van der Waals surface area contributed by atoms with Gasteiger partial charge in [0.05, 0.1) is 0 Å². The molecule has 69 heavy (non-hydrogen) atoms. The predicted molar refractivity (Wildman–Crippen MR) is 298 cm³/mol. The van der Waals surface area contributed by atoms with Gasteiger partial charge in [0.2, 0.25) is 0 Å². The maximum Gasteiger partial charge on any atom is 0.0299 e. The highest BCUT2D eigenvalue weighted by molar-refractivity contribution is 5.22. The third-order valence-electron chi connectivity index (χ3n) is 17.4. The largest absolute Gasteiger partial charge is 0.303 e. The zero-order valence-corrected chi connectivity index (χ0v) is 47.1. The van der Waals surface area contributed by atoms with E-state index < -0.39 is 0 Å². The molecule has 5 saturated heterocycles. The molecule has 6 aliphatic rings. The molecule has 5 aliphatic heterocycles. The van der Waals surface area contributed by atoms with E-state index in [1.165, 1.54) is 113 Å². The first kappa shape index (κ1) is 57.3. The second kappa shape index (κ2) is 28.0. The van der Waals surface area contributed by atoms with Crippen LogP contribution in [-0.4, -0.2) is 128 Å². The molecule has 0 radical (unpaired) electrons. The van der Waals surface area contributed by atoms with Crippen molar-refractivity contribution < 1.29 is 0 Å². The minimum atomic E-state index is 0.739. The lowest BCUT2D eigenvalue weighted by Gasteiger charge is -2.39. The summed E-state index contributed by atoms with van der Waals surface area (Å²) in [4.78, 5) is 14.3. The van der Waals surface area contributed by atoms with Crippen molar-refractivity contribution in [3.63, 3.8) is 0 Å². The zero-order chi connectivity index (χ0) is 50.3. The van der Waals surface area contributed by atoms with Crippen LogP contribution in [0.4, 0.5) is 0 Å². The summed E-state index contributed by atoms with van der Waals surface area (Å²) in [7, 11) is 11.2. The number of likely N-dealkylation sites (N-methyl/N-ethyl adjacent to an activating group) is 1. The molecule has 1 spiro atoms. The summed E-state index contributed by atoms with van der Waals surface area (Å²) in [5, 5.41) is 2.26. The molecular formula is C62H105N7. The molecule has 8 atom stereocenters. The Labute approximate surface area is 425 Å². The van der Waals surface area contributed by atoms with E-state index in [9.17, 15) is 0 Å². The summed E-state index contributed by atoms with van der Waals surface area (Å²) in [5.74, 6) is 6.33. The highest BCUT2D eigenvalue weighted by Crippen LogP contribution is 2.55. The van der Waals surface area contributed by atoms with E-state index in [0.29, 0.717) is 0 Å². The molecule has 1 N–H and O–H groups in total. The van der Waals surface area contributed by atoms with Gasteiger partial charge in [0, 0.05) is 75.8 Å². The second-order valence-corrected chi connectivity index (χ2v) is 24.8. The van der Waals surface area contributed by atoms with Crippen molar-refractivity contribution in [1.29, 1.82) is 0 Å². The molecule has 7 heteroatoms. The molecule has 8 unspecified atom stereocenters. The quantitative estimate of drug-likeness (QED) is 0.217. The van der Waals surface area contributed by atoms with Gasteiger partial charge in [-0.25, -0.2) is 5.01 Å². The smallest absolute Gasteiger partial charge is 0.0299 e. The number of hydrogen-bond acceptors (Lipinski definition) is 7. The first-order chi connectivity index (χ1) is 32.9. The van der Waals surface area contributed by atoms with E-state index in [2.05, 4.69) is 206 Å². The Balaban J connectivity index is 0.000000162. The number of nitrogens with one attached hydrogen (secondary N) is 1. The third kappa shape index (κ3) is 18.1. The van der Waals surface area contributed by atoms with Crippen molar-refractivity contribution in [3.05, 3.63) is 102 Å². The van der Waals surface area contributed by atoms with Crippen LogP contribution in [0.3, 0.4) is 0 Å². The van der Waals surface area contributed by atoms with Gasteiger partial charge in [-0.2, -0.15) is 0 Å². The van der Waals surface area contributed by atoms with Crippen LogP contribution in [0.5, 0.6) is 0 Å². The first-order valence-corrected chi connectivity index (χ1v) is 28.1. The zero-order valence-electron chi connectivity index (χ0n) is 47.1. The molecule has 0 bridgehead atoms. The monoisotopic (exact) mass is 948 g/mol. The van der Waals surface area contributed by atoms with Crippen LogP contribution >= 0.6 is 0 Å². The number of nitrogens with zero attached hydrogens (tertiary/aromatic N) is 6. The van der Waals surface area contributed by atoms with Crippen LogP contribution in [0.1, 0.15) is 150 Å². The maximum atomic E-state index is 4.19. The van der Waals surface area contributed by atoms with Crippen LogP contribution < -0.4 is 5.43 Å². The van der Waals surface area contributed by atoms with Gasteiger partial charge in [0.25, 0.3) is 0 Å². The highest BCUT2D eigenvalue weighted by atomic mass is 15.5. The van der Waals surface area contributed by atoms with Crippen LogP contribution in [0.25, 0.3) is 0 Å². The Kier molecular flexibility index (Phi) is 23.2. The molecule has 2 aromatic carbocycles. The number of pyridine rings is 1. The minimum Gasteiger partial charge on any atom is -0.303 e. The number of piperidine rings is 1. The van der Waals surface area contributed by atoms with Crippen LogP contribution in [-0.2, 0) is 12.8 Å². The van der Waals surface area contributed by atoms with E-state index in [1.807, 2.05) is 18.5 Å². The van der Waals surface area contributed by atoms with Crippen LogP contribution in [0.2, 0.25) is 0 Å². The van der Waals surface area contributed by atoms with Crippen LogP contribution in [0.15, 0.2) is 85.2 Å². The van der Waals surface area contributed by atoms with Gasteiger partial charge in [-0.3, -0.25) is 10.4 Å². The average Bonchev–Trinajstić information content (AvgIpc) is 3.55. The molecule has 6 fully saturated rings. The standard InChI is InChI=1S/C15H23N.C14H22N2.C14H21N.C11H21N.C8H18N2/c1-12(2)15-10-14(11-16(15)3)9-13-7-5-4-6-8-13;1-11(2)14-8-13(10-16(14)3)7-12-5-4-6-15-9-12;1-11(2)14-9-13(10-15(14)3)12-7-5-4-6-8-12;1-9(2)10-8-11(4-5-11)6-7-12(10)3;1-7(2)8-5-4-6-9-10(8)3/h4-8,12,14-15H,9-11H2,1-3H3;4-6,9,11,13-14H,7-8,10H2,1-3H3;4-8,11,13-14H,9-10H2,1-3H3;9-10H,4-8H2,1-3H3;7-9H,4-6H2,1-3H3. The molecule has 1 aromatic heterocycles. The number of aromatic nitrogens is 1. The Morgan fingerprint density at radius 2 is 1.03 bits per heavy atom. The lowest BCUT2D eigenvalue weighted by Crippen LogP contribution is -2.49. The molecular weight excluding hydrogens is 843 g/mol. The van der Waals surface area contributed by atoms with Crippen molar-refractivity contribution in [2.45, 2.75) is 176 Å². The van der Waals surface area contributed by atoms with Gasteiger partial charge in [0.1, 0.15) is 0 Å². The van der Waals surface area contributed by atoms with E-state index in [1.54, 1.807) is 0 Å². The van der Waals surface area contributed by atoms with E-state index >= 15 is 0 Å². The normalized spacial score (nSPS) is 28.5. The topological polar surface area (TPSA) is 41.1 Å². The lowest BCUT2D eigenvalue weighted by atomic mass is 9.83. The average molecular weight is 949 g/mol. The van der Waals surface area contributed by atoms with Crippen molar-refractivity contribution in [1.82, 2.24) is 35.0 Å². The number of hydrogen-bond donors (Lipinski definition) is 1. The van der Waals surface area contributed by atoms with Gasteiger partial charge in [-0.15, -0.1) is 0 Å². The first-order valence-electron chi connectivity index (χ1n) is 28.1. The molecule has 6 heterocycles. The summed E-state index contributed by atoms with van der Waals surface area (Å²) < 4.78 is 0. The van der Waals surface area contributed by atoms with E-state index in [4.69, 9.17) is 0 Å². The Hall–Kier alpha value is -2.65. The van der Waals surface area contributed by atoms with E-state index in [0.717, 1.165) is 89.5 Å². The summed E-state index contributed by atoms with van der Waals surface area (Å²) in [6, 6.07) is 30.0. The molecule has 3 aromatic rings. The fourth-order valence-corrected chi connectivity index (χ4v) is 13.0. The van der Waals surface area contributed by atoms with Crippen molar-refractivity contribution in [2.24, 2.45) is 46.8 Å². The van der Waals surface area contributed by atoms with Gasteiger partial charge >= 0.3 is 0 Å². The Bertz CT molecular complexity index is 1740. The number of rotatable bonds is 10. The van der Waals surface area contributed by atoms with Gasteiger partial charge < -0.3 is 19.6 Å². The molecule has 9 rings (SSSR count). The fraction of sp³-hybridized carbons (Fsp3) is 0.726. The second-order valence-electron chi connectivity index (χ2n) is 24.8. The molecule has 388 valence electrons. The number of likely N-dealkylation sites (tertiary alicyclic amines) is 4. The summed E-state index contributed by atoms with van der Waals surface area (Å²) in [6.07, 6.45) is 18.9. The molecule has 1 saturated carbocycles. The van der Waals surface area contributed by atoms with Crippen molar-refractivity contribution in [3.8, 4) is 0 Å². The summed E-state index contributed by atoms with van der Waals surface area (Å²) in [5.41, 5.74) is 8.55. The molecule has 7 nitrogen and oxygen atoms in total. The Morgan fingerprint density at radius 1 is 0.536 bits per heavy atom. The highest BCUT2D eigenvalue weighted by Gasteiger charge is 2.47. The van der Waals surface area contributed by atoms with Gasteiger partial charge in [-0.05, 0) is 181 Å². The fourth-order valence-electron chi connectivity index (χ4n) is 13.0. The summed E-state index contributed by atoms with van der Waals surface area (Å²) in [6.45, 7) is 29.5. The van der Waals surface area contributed by atoms with Crippen LogP contribution in [0, 0.1) is 46.8 Å². The maximum absolute atomic E-state index is 4.19. The van der Waals surface area contributed by atoms with Crippen molar-refractivity contribution >= 4 is 0 Å². The molecule has 1 aliphatic carbocycles. The predicted octanol–water partition coefficient (Wildman–Crippen LogP) is 12.7. The minimum absolute atomic E-state index is 0.739. The third-order valence-corrected chi connectivity index (χ3v) is 17.4. The summed E-state index contributed by atoms with van der Waals surface area (Å²) >= 11 is 0. The molecule has 0 amide bonds. The number of benzene rings is 2. The lowest BCUT2D eigenvalue weighted by molar-refractivity contribution is 0.0860. The Morgan fingerprint density at radius 3 is 1.48 bits per heavy atom. The van der Waals surface area contributed by atoms with Gasteiger partial charge in [-0.1, -0.05) is 136 Å². The SMILES string of the molecule is CC(C)C1CC(Cc2ccccc2)CN1C.CC(C)C1CC(Cc2cccnc2)CN1C.CC(C)C1CC(c2ccccc2)CN1C.CC(C)C1CC2(CCN1C)CC2.CC(C)C1CCCNN1C. The van der Waals surface area contributed by atoms with Gasteiger partial charge in [0.15, 0.2) is 0 Å². The van der Waals surface area contributed by atoms with Crippen molar-refractivity contribution in [2.75, 3.05) is 68.0 Å². The van der Waals surface area contributed by atoms with E-state index in [-0.39, 0.29) is 0 Å². The number of hydrazine groups is 1.